The molecule has 0 aliphatic carbocycles. The molecule has 0 bridgehead atoms. The first kappa shape index (κ1) is 21.7. The SMILES string of the molecule is CCNC(=NCc1ccc(C(N)=O)o1)NCC(c1cccc(OC)c1)N1CCCC1. The maximum Gasteiger partial charge on any atom is 0.284 e. The number of primary amides is 1. The van der Waals surface area contributed by atoms with E-state index in [1.165, 1.54) is 18.4 Å². The number of ether oxygens (including phenoxy) is 1. The van der Waals surface area contributed by atoms with E-state index in [1.807, 2.05) is 19.1 Å². The second-order valence-electron chi connectivity index (χ2n) is 7.24. The predicted molar refractivity (Wildman–Crippen MR) is 117 cm³/mol. The topological polar surface area (TPSA) is 105 Å². The van der Waals surface area contributed by atoms with E-state index in [0.717, 1.165) is 25.4 Å². The Kier molecular flexibility index (Phi) is 7.73. The molecule has 0 saturated carbocycles. The fourth-order valence-corrected chi connectivity index (χ4v) is 3.65. The number of amides is 1. The summed E-state index contributed by atoms with van der Waals surface area (Å²) in [7, 11) is 1.69. The van der Waals surface area contributed by atoms with Crippen LogP contribution in [-0.4, -0.2) is 50.1 Å². The Hall–Kier alpha value is -3.00. The molecule has 1 unspecified atom stereocenters. The number of nitrogens with one attached hydrogen (secondary N) is 2. The Morgan fingerprint density at radius 2 is 2.07 bits per heavy atom. The van der Waals surface area contributed by atoms with E-state index in [1.54, 1.807) is 19.2 Å². The molecule has 1 aromatic carbocycles. The van der Waals surface area contributed by atoms with Crippen molar-refractivity contribution in [3.8, 4) is 5.75 Å². The lowest BCUT2D eigenvalue weighted by Gasteiger charge is -2.29. The quantitative estimate of drug-likeness (QED) is 0.430. The minimum atomic E-state index is -0.581. The molecule has 8 nitrogen and oxygen atoms in total. The zero-order chi connectivity index (χ0) is 21.3. The van der Waals surface area contributed by atoms with Gasteiger partial charge in [0.15, 0.2) is 11.7 Å². The van der Waals surface area contributed by atoms with Crippen LogP contribution in [0.15, 0.2) is 45.8 Å². The Bertz CT molecular complexity index is 858. The highest BCUT2D eigenvalue weighted by Gasteiger charge is 2.24. The van der Waals surface area contributed by atoms with Crippen molar-refractivity contribution in [2.75, 3.05) is 33.3 Å². The molecule has 1 atom stereocenters. The van der Waals surface area contributed by atoms with Crippen molar-refractivity contribution in [3.63, 3.8) is 0 Å². The average molecular weight is 414 g/mol. The molecule has 1 saturated heterocycles. The van der Waals surface area contributed by atoms with Crippen LogP contribution in [0.4, 0.5) is 0 Å². The van der Waals surface area contributed by atoms with Crippen molar-refractivity contribution >= 4 is 11.9 Å². The third kappa shape index (κ3) is 5.76. The Labute approximate surface area is 177 Å². The standard InChI is InChI=1S/C22H31N5O3/c1-3-24-22(25-14-18-9-10-20(30-18)21(23)28)26-15-19(27-11-4-5-12-27)16-7-6-8-17(13-16)29-2/h6-10,13,19H,3-5,11-12,14-15H2,1-2H3,(H2,23,28)(H2,24,25,26). The minimum Gasteiger partial charge on any atom is -0.497 e. The first-order chi connectivity index (χ1) is 14.6. The summed E-state index contributed by atoms with van der Waals surface area (Å²) in [5.41, 5.74) is 6.46. The zero-order valence-corrected chi connectivity index (χ0v) is 17.7. The Balaban J connectivity index is 1.70. The van der Waals surface area contributed by atoms with Crippen molar-refractivity contribution in [2.24, 2.45) is 10.7 Å². The third-order valence-corrected chi connectivity index (χ3v) is 5.16. The van der Waals surface area contributed by atoms with Gasteiger partial charge in [-0.3, -0.25) is 9.69 Å². The van der Waals surface area contributed by atoms with Gasteiger partial charge in [0.25, 0.3) is 5.91 Å². The number of benzene rings is 1. The number of carbonyl (C=O) groups excluding carboxylic acids is 1. The monoisotopic (exact) mass is 413 g/mol. The molecule has 8 heteroatoms. The number of hydrogen-bond donors (Lipinski definition) is 3. The summed E-state index contributed by atoms with van der Waals surface area (Å²) in [4.78, 5) is 18.3. The van der Waals surface area contributed by atoms with Crippen molar-refractivity contribution in [1.29, 1.82) is 0 Å². The number of hydrogen-bond acceptors (Lipinski definition) is 5. The number of rotatable bonds is 9. The van der Waals surface area contributed by atoms with E-state index >= 15 is 0 Å². The van der Waals surface area contributed by atoms with Crippen molar-refractivity contribution in [3.05, 3.63) is 53.5 Å². The van der Waals surface area contributed by atoms with Gasteiger partial charge in [0, 0.05) is 13.1 Å². The molecule has 1 aliphatic heterocycles. The van der Waals surface area contributed by atoms with E-state index < -0.39 is 5.91 Å². The highest BCUT2D eigenvalue weighted by atomic mass is 16.5. The number of furan rings is 1. The van der Waals surface area contributed by atoms with Crippen molar-refractivity contribution < 1.29 is 13.9 Å². The highest BCUT2D eigenvalue weighted by molar-refractivity contribution is 5.89. The van der Waals surface area contributed by atoms with E-state index in [-0.39, 0.29) is 11.8 Å². The van der Waals surface area contributed by atoms with Crippen LogP contribution in [0.2, 0.25) is 0 Å². The minimum absolute atomic E-state index is 0.144. The molecule has 0 radical (unpaired) electrons. The van der Waals surface area contributed by atoms with Crippen LogP contribution in [0.25, 0.3) is 0 Å². The van der Waals surface area contributed by atoms with E-state index in [9.17, 15) is 4.79 Å². The lowest BCUT2D eigenvalue weighted by molar-refractivity contribution is 0.0972. The zero-order valence-electron chi connectivity index (χ0n) is 17.7. The molecular formula is C22H31N5O3. The van der Waals surface area contributed by atoms with Crippen molar-refractivity contribution in [2.45, 2.75) is 32.4 Å². The van der Waals surface area contributed by atoms with Crippen LogP contribution in [0.1, 0.15) is 47.7 Å². The van der Waals surface area contributed by atoms with Gasteiger partial charge in [-0.1, -0.05) is 12.1 Å². The number of aliphatic imine (C=N–C) groups is 1. The van der Waals surface area contributed by atoms with Gasteiger partial charge in [-0.15, -0.1) is 0 Å². The number of nitrogens with zero attached hydrogens (tertiary/aromatic N) is 2. The fraction of sp³-hybridized carbons (Fsp3) is 0.455. The molecule has 1 fully saturated rings. The van der Waals surface area contributed by atoms with Crippen LogP contribution < -0.4 is 21.1 Å². The first-order valence-electron chi connectivity index (χ1n) is 10.4. The van der Waals surface area contributed by atoms with Crippen LogP contribution in [0.5, 0.6) is 5.75 Å². The van der Waals surface area contributed by atoms with Gasteiger partial charge in [-0.2, -0.15) is 0 Å². The molecule has 0 spiro atoms. The smallest absolute Gasteiger partial charge is 0.284 e. The van der Waals surface area contributed by atoms with Crippen LogP contribution in [0, 0.1) is 0 Å². The summed E-state index contributed by atoms with van der Waals surface area (Å²) in [5.74, 6) is 1.71. The van der Waals surface area contributed by atoms with Crippen LogP contribution in [0.3, 0.4) is 0 Å². The van der Waals surface area contributed by atoms with Gasteiger partial charge in [-0.25, -0.2) is 4.99 Å². The van der Waals surface area contributed by atoms with Gasteiger partial charge >= 0.3 is 0 Å². The lowest BCUT2D eigenvalue weighted by Crippen LogP contribution is -2.42. The second kappa shape index (κ2) is 10.7. The fourth-order valence-electron chi connectivity index (χ4n) is 3.65. The number of likely N-dealkylation sites (tertiary alicyclic amines) is 1. The summed E-state index contributed by atoms with van der Waals surface area (Å²) >= 11 is 0. The van der Waals surface area contributed by atoms with Gasteiger partial charge in [-0.05, 0) is 62.7 Å². The number of nitrogens with two attached hydrogens (primary N) is 1. The summed E-state index contributed by atoms with van der Waals surface area (Å²) in [6, 6.07) is 11.7. The van der Waals surface area contributed by atoms with E-state index in [0.29, 0.717) is 24.8 Å². The molecule has 2 heterocycles. The maximum absolute atomic E-state index is 11.2. The first-order valence-corrected chi connectivity index (χ1v) is 10.4. The summed E-state index contributed by atoms with van der Waals surface area (Å²) in [6.45, 7) is 5.96. The molecule has 1 amide bonds. The third-order valence-electron chi connectivity index (χ3n) is 5.16. The largest absolute Gasteiger partial charge is 0.497 e. The maximum atomic E-state index is 11.2. The molecule has 1 aliphatic rings. The van der Waals surface area contributed by atoms with E-state index in [2.05, 4.69) is 32.7 Å². The van der Waals surface area contributed by atoms with Gasteiger partial charge in [0.05, 0.1) is 13.2 Å². The average Bonchev–Trinajstić information content (AvgIpc) is 3.45. The van der Waals surface area contributed by atoms with Gasteiger partial charge < -0.3 is 25.5 Å². The van der Waals surface area contributed by atoms with E-state index in [4.69, 9.17) is 14.9 Å². The van der Waals surface area contributed by atoms with Gasteiger partial charge in [0.2, 0.25) is 0 Å². The van der Waals surface area contributed by atoms with Crippen molar-refractivity contribution in [1.82, 2.24) is 15.5 Å². The molecular weight excluding hydrogens is 382 g/mol. The number of methoxy groups -OCH3 is 1. The number of guanidine groups is 1. The van der Waals surface area contributed by atoms with Crippen LogP contribution >= 0.6 is 0 Å². The predicted octanol–water partition coefficient (Wildman–Crippen LogP) is 2.28. The normalized spacial score (nSPS) is 15.7. The highest BCUT2D eigenvalue weighted by Crippen LogP contribution is 2.27. The Morgan fingerprint density at radius 1 is 1.27 bits per heavy atom. The molecule has 30 heavy (non-hydrogen) atoms. The summed E-state index contributed by atoms with van der Waals surface area (Å²) in [6.07, 6.45) is 2.44. The lowest BCUT2D eigenvalue weighted by atomic mass is 10.1. The van der Waals surface area contributed by atoms with Crippen LogP contribution in [-0.2, 0) is 6.54 Å². The second-order valence-corrected chi connectivity index (χ2v) is 7.24. The Morgan fingerprint density at radius 3 is 2.73 bits per heavy atom. The van der Waals surface area contributed by atoms with Gasteiger partial charge in [0.1, 0.15) is 18.1 Å². The molecule has 1 aromatic heterocycles. The summed E-state index contributed by atoms with van der Waals surface area (Å²) < 4.78 is 10.8. The molecule has 162 valence electrons. The number of carbonyl (C=O) groups is 1. The molecule has 4 N–H and O–H groups in total. The molecule has 2 aromatic rings. The molecule has 3 rings (SSSR count). The summed E-state index contributed by atoms with van der Waals surface area (Å²) in [5, 5.41) is 6.72.